The molecule has 27 heavy (non-hydrogen) atoms. The number of para-hydroxylation sites is 1. The van der Waals surface area contributed by atoms with E-state index in [2.05, 4.69) is 25.4 Å². The largest absolute Gasteiger partial charge is 0.573 e. The zero-order valence-electron chi connectivity index (χ0n) is 13.6. The van der Waals surface area contributed by atoms with Crippen molar-refractivity contribution >= 4 is 35.8 Å². The first-order valence-electron chi connectivity index (χ1n) is 7.12. The fourth-order valence-electron chi connectivity index (χ4n) is 2.04. The van der Waals surface area contributed by atoms with Crippen LogP contribution in [-0.2, 0) is 26.4 Å². The second kappa shape index (κ2) is 7.78. The lowest BCUT2D eigenvalue weighted by molar-refractivity contribution is -0.274. The van der Waals surface area contributed by atoms with E-state index in [1.807, 2.05) is 0 Å². The average molecular weight is 488 g/mol. The van der Waals surface area contributed by atoms with Crippen LogP contribution in [0.15, 0.2) is 56.7 Å². The number of alkyl halides is 3. The highest BCUT2D eigenvalue weighted by Gasteiger charge is 2.32. The van der Waals surface area contributed by atoms with E-state index in [9.17, 15) is 30.0 Å². The molecule has 2 aromatic carbocycles. The number of nitrogens with one attached hydrogen (secondary N) is 1. The molecular formula is C15H13BrF3NO5S2. The molecule has 0 heterocycles. The first-order valence-corrected chi connectivity index (χ1v) is 11.3. The number of rotatable bonds is 6. The van der Waals surface area contributed by atoms with Gasteiger partial charge in [-0.05, 0) is 40.2 Å². The van der Waals surface area contributed by atoms with Gasteiger partial charge in [0.15, 0.2) is 9.84 Å². The van der Waals surface area contributed by atoms with Crippen molar-refractivity contribution in [1.29, 1.82) is 0 Å². The smallest absolute Gasteiger partial charge is 0.405 e. The molecule has 0 radical (unpaired) electrons. The molecule has 148 valence electrons. The lowest BCUT2D eigenvalue weighted by Gasteiger charge is -2.14. The molecule has 0 amide bonds. The first kappa shape index (κ1) is 21.7. The highest BCUT2D eigenvalue weighted by molar-refractivity contribution is 9.10. The molecule has 0 saturated heterocycles. The van der Waals surface area contributed by atoms with Gasteiger partial charge in [0.05, 0.1) is 9.79 Å². The SMILES string of the molecule is CS(=O)(=O)c1ccc(Br)c(S(=O)(=O)NCc2ccccc2OC(F)(F)F)c1. The zero-order chi connectivity index (χ0) is 20.5. The number of hydrogen-bond donors (Lipinski definition) is 1. The van der Waals surface area contributed by atoms with Gasteiger partial charge in [-0.1, -0.05) is 18.2 Å². The minimum Gasteiger partial charge on any atom is -0.405 e. The Kier molecular flexibility index (Phi) is 6.24. The van der Waals surface area contributed by atoms with Crippen molar-refractivity contribution in [2.24, 2.45) is 0 Å². The molecule has 6 nitrogen and oxygen atoms in total. The summed E-state index contributed by atoms with van der Waals surface area (Å²) in [5.41, 5.74) is -0.0474. The third-order valence-corrected chi connectivity index (χ3v) is 6.78. The van der Waals surface area contributed by atoms with E-state index >= 15 is 0 Å². The number of benzene rings is 2. The van der Waals surface area contributed by atoms with Crippen LogP contribution in [0.5, 0.6) is 5.75 Å². The topological polar surface area (TPSA) is 89.5 Å². The van der Waals surface area contributed by atoms with Gasteiger partial charge in [-0.3, -0.25) is 0 Å². The summed E-state index contributed by atoms with van der Waals surface area (Å²) in [4.78, 5) is -0.577. The second-order valence-electron chi connectivity index (χ2n) is 5.34. The van der Waals surface area contributed by atoms with E-state index < -0.39 is 38.5 Å². The number of sulfonamides is 1. The number of ether oxygens (including phenoxy) is 1. The van der Waals surface area contributed by atoms with E-state index in [-0.39, 0.29) is 19.8 Å². The van der Waals surface area contributed by atoms with E-state index in [0.29, 0.717) is 0 Å². The van der Waals surface area contributed by atoms with Crippen LogP contribution >= 0.6 is 15.9 Å². The van der Waals surface area contributed by atoms with Crippen LogP contribution in [0.1, 0.15) is 5.56 Å². The fourth-order valence-corrected chi connectivity index (χ4v) is 4.76. The first-order chi connectivity index (χ1) is 12.3. The van der Waals surface area contributed by atoms with E-state index in [1.165, 1.54) is 30.3 Å². The van der Waals surface area contributed by atoms with Crippen LogP contribution in [0.2, 0.25) is 0 Å². The summed E-state index contributed by atoms with van der Waals surface area (Å²) in [5.74, 6) is -0.545. The molecule has 0 aliphatic carbocycles. The van der Waals surface area contributed by atoms with Crippen LogP contribution in [0, 0.1) is 0 Å². The van der Waals surface area contributed by atoms with Gasteiger partial charge in [0, 0.05) is 22.8 Å². The summed E-state index contributed by atoms with van der Waals surface area (Å²) in [6, 6.07) is 8.50. The van der Waals surface area contributed by atoms with Gasteiger partial charge in [0.1, 0.15) is 5.75 Å². The molecule has 2 aromatic rings. The van der Waals surface area contributed by atoms with Crippen molar-refractivity contribution in [3.8, 4) is 5.75 Å². The van der Waals surface area contributed by atoms with Crippen LogP contribution in [0.25, 0.3) is 0 Å². The third-order valence-electron chi connectivity index (χ3n) is 3.27. The fraction of sp³-hybridized carbons (Fsp3) is 0.200. The van der Waals surface area contributed by atoms with Crippen molar-refractivity contribution in [3.05, 3.63) is 52.5 Å². The van der Waals surface area contributed by atoms with Crippen LogP contribution in [0.3, 0.4) is 0 Å². The summed E-state index contributed by atoms with van der Waals surface area (Å²) in [6.07, 6.45) is -4.01. The van der Waals surface area contributed by atoms with E-state index in [1.54, 1.807) is 0 Å². The van der Waals surface area contributed by atoms with Gasteiger partial charge < -0.3 is 4.74 Å². The molecule has 0 bridgehead atoms. The Morgan fingerprint density at radius 3 is 2.30 bits per heavy atom. The van der Waals surface area contributed by atoms with Crippen molar-refractivity contribution in [2.45, 2.75) is 22.7 Å². The maximum Gasteiger partial charge on any atom is 0.573 e. The average Bonchev–Trinajstić information content (AvgIpc) is 2.51. The van der Waals surface area contributed by atoms with Crippen molar-refractivity contribution in [1.82, 2.24) is 4.72 Å². The minimum atomic E-state index is -4.93. The monoisotopic (exact) mass is 487 g/mol. The molecule has 0 aromatic heterocycles. The van der Waals surface area contributed by atoms with E-state index in [0.717, 1.165) is 18.4 Å². The Balaban J connectivity index is 2.32. The molecule has 0 spiro atoms. The molecular weight excluding hydrogens is 475 g/mol. The summed E-state index contributed by atoms with van der Waals surface area (Å²) < 4.78 is 91.7. The Bertz CT molecular complexity index is 1050. The number of hydrogen-bond acceptors (Lipinski definition) is 5. The van der Waals surface area contributed by atoms with Gasteiger partial charge in [0.25, 0.3) is 0 Å². The molecule has 1 N–H and O–H groups in total. The maximum atomic E-state index is 12.5. The molecule has 0 aliphatic heterocycles. The Morgan fingerprint density at radius 2 is 1.70 bits per heavy atom. The van der Waals surface area contributed by atoms with Crippen molar-refractivity contribution < 1.29 is 34.7 Å². The van der Waals surface area contributed by atoms with Gasteiger partial charge >= 0.3 is 6.36 Å². The number of halogens is 4. The second-order valence-corrected chi connectivity index (χ2v) is 9.95. The third kappa shape index (κ3) is 5.92. The highest BCUT2D eigenvalue weighted by atomic mass is 79.9. The molecule has 0 unspecified atom stereocenters. The van der Waals surface area contributed by atoms with Crippen LogP contribution in [0.4, 0.5) is 13.2 Å². The Morgan fingerprint density at radius 1 is 1.07 bits per heavy atom. The predicted molar refractivity (Wildman–Crippen MR) is 94.4 cm³/mol. The summed E-state index contributed by atoms with van der Waals surface area (Å²) >= 11 is 3.03. The summed E-state index contributed by atoms with van der Waals surface area (Å²) in [5, 5.41) is 0. The number of sulfone groups is 1. The highest BCUT2D eigenvalue weighted by Crippen LogP contribution is 2.28. The predicted octanol–water partition coefficient (Wildman–Crippen LogP) is 3.23. The van der Waals surface area contributed by atoms with Crippen LogP contribution in [-0.4, -0.2) is 29.5 Å². The molecule has 12 heteroatoms. The maximum absolute atomic E-state index is 12.5. The molecule has 0 fully saturated rings. The normalized spacial score (nSPS) is 12.8. The molecule has 0 atom stereocenters. The minimum absolute atomic E-state index is 0.0474. The standard InChI is InChI=1S/C15H13BrF3NO5S2/c1-26(21,22)11-6-7-12(16)14(8-11)27(23,24)20-9-10-4-2-3-5-13(10)25-15(17,18)19/h2-8,20H,9H2,1H3. The molecule has 0 saturated carbocycles. The lowest BCUT2D eigenvalue weighted by atomic mass is 10.2. The van der Waals surface area contributed by atoms with Crippen LogP contribution < -0.4 is 9.46 Å². The summed E-state index contributed by atoms with van der Waals surface area (Å²) in [7, 11) is -7.89. The van der Waals surface area contributed by atoms with Crippen molar-refractivity contribution in [3.63, 3.8) is 0 Å². The van der Waals surface area contributed by atoms with Gasteiger partial charge in [-0.15, -0.1) is 13.2 Å². The van der Waals surface area contributed by atoms with Crippen molar-refractivity contribution in [2.75, 3.05) is 6.26 Å². The Hall–Kier alpha value is -1.63. The van der Waals surface area contributed by atoms with E-state index in [4.69, 9.17) is 0 Å². The molecule has 0 aliphatic rings. The van der Waals surface area contributed by atoms with Gasteiger partial charge in [0.2, 0.25) is 10.0 Å². The lowest BCUT2D eigenvalue weighted by Crippen LogP contribution is -2.25. The Labute approximate surface area is 162 Å². The zero-order valence-corrected chi connectivity index (χ0v) is 16.8. The molecule has 2 rings (SSSR count). The van der Waals surface area contributed by atoms with Gasteiger partial charge in [-0.25, -0.2) is 21.6 Å². The quantitative estimate of drug-likeness (QED) is 0.675. The summed E-state index contributed by atoms with van der Waals surface area (Å²) in [6.45, 7) is -0.496. The van der Waals surface area contributed by atoms with Gasteiger partial charge in [-0.2, -0.15) is 0 Å².